The molecule has 0 N–H and O–H groups in total. The van der Waals surface area contributed by atoms with E-state index in [9.17, 15) is 0 Å². The summed E-state index contributed by atoms with van der Waals surface area (Å²) in [7, 11) is 0. The molecule has 0 aliphatic heterocycles. The molecular formula is C51H31N5O. The van der Waals surface area contributed by atoms with E-state index in [0.29, 0.717) is 17.6 Å². The minimum absolute atomic E-state index is 0.565. The van der Waals surface area contributed by atoms with Crippen molar-refractivity contribution in [3.63, 3.8) is 0 Å². The molecule has 57 heavy (non-hydrogen) atoms. The molecule has 0 spiro atoms. The van der Waals surface area contributed by atoms with Gasteiger partial charge in [-0.2, -0.15) is 9.97 Å². The third-order valence-corrected chi connectivity index (χ3v) is 11.2. The zero-order valence-electron chi connectivity index (χ0n) is 30.5. The predicted octanol–water partition coefficient (Wildman–Crippen LogP) is 13.0. The van der Waals surface area contributed by atoms with Gasteiger partial charge in [-0.05, 0) is 65.7 Å². The summed E-state index contributed by atoms with van der Waals surface area (Å²) in [5, 5.41) is 6.80. The highest BCUT2D eigenvalue weighted by Gasteiger charge is 2.22. The number of rotatable bonds is 5. The fourth-order valence-corrected chi connectivity index (χ4v) is 8.65. The van der Waals surface area contributed by atoms with Gasteiger partial charge in [-0.15, -0.1) is 0 Å². The first-order chi connectivity index (χ1) is 28.3. The number of benzene rings is 8. The summed E-state index contributed by atoms with van der Waals surface area (Å²) >= 11 is 0. The largest absolute Gasteiger partial charge is 0.456 e. The molecule has 266 valence electrons. The van der Waals surface area contributed by atoms with Crippen LogP contribution in [0.2, 0.25) is 0 Å². The molecule has 0 fully saturated rings. The summed E-state index contributed by atoms with van der Waals surface area (Å²) < 4.78 is 10.8. The van der Waals surface area contributed by atoms with Crippen molar-refractivity contribution < 1.29 is 4.42 Å². The van der Waals surface area contributed by atoms with Gasteiger partial charge in [0.2, 0.25) is 5.95 Å². The number of furan rings is 1. The summed E-state index contributed by atoms with van der Waals surface area (Å²) in [6.07, 6.45) is 0. The first-order valence-electron chi connectivity index (χ1n) is 19.1. The molecule has 0 radical (unpaired) electrons. The van der Waals surface area contributed by atoms with E-state index in [1.165, 1.54) is 5.39 Å². The molecule has 8 aromatic carbocycles. The van der Waals surface area contributed by atoms with Gasteiger partial charge in [0.25, 0.3) is 0 Å². The van der Waals surface area contributed by atoms with Crippen LogP contribution in [0.3, 0.4) is 0 Å². The Labute approximate surface area is 326 Å². The van der Waals surface area contributed by atoms with Crippen molar-refractivity contribution in [1.82, 2.24) is 24.1 Å². The van der Waals surface area contributed by atoms with Crippen LogP contribution in [0.5, 0.6) is 0 Å². The average molecular weight is 730 g/mol. The topological polar surface area (TPSA) is 61.7 Å². The lowest BCUT2D eigenvalue weighted by atomic mass is 9.96. The van der Waals surface area contributed by atoms with E-state index in [4.69, 9.17) is 19.4 Å². The SMILES string of the molecule is c1ccc(-c2nc(-c3cc(-c4ccccc4)c4c5ccccc5n(-c5ccc6oc7ccccc7c6c5)c4c3)nc(-n3c4ccccc4c4ccccc43)n2)cc1. The van der Waals surface area contributed by atoms with Gasteiger partial charge in [0.05, 0.1) is 22.1 Å². The standard InChI is InChI=1S/C51H31N5O/c1-3-15-32(16-4-1)40-29-34(30-45-48(40)39-22-9-13-25-44(39)55(45)35-27-28-47-41(31-35)38-21-10-14-26-46(38)57-47)50-52-49(33-17-5-2-6-18-33)53-51(54-50)56-42-23-11-7-19-36(42)37-20-8-12-24-43(37)56/h1-31H. The van der Waals surface area contributed by atoms with Crippen LogP contribution in [0, 0.1) is 0 Å². The minimum atomic E-state index is 0.565. The van der Waals surface area contributed by atoms with Crippen LogP contribution in [-0.2, 0) is 0 Å². The molecule has 6 nitrogen and oxygen atoms in total. The van der Waals surface area contributed by atoms with Crippen LogP contribution in [-0.4, -0.2) is 24.1 Å². The van der Waals surface area contributed by atoms with Crippen LogP contribution >= 0.6 is 0 Å². The van der Waals surface area contributed by atoms with Gasteiger partial charge in [-0.1, -0.05) is 133 Å². The third-order valence-electron chi connectivity index (χ3n) is 11.2. The Morgan fingerprint density at radius 1 is 0.351 bits per heavy atom. The molecule has 0 unspecified atom stereocenters. The summed E-state index contributed by atoms with van der Waals surface area (Å²) in [5.41, 5.74) is 11.1. The third kappa shape index (κ3) is 4.87. The lowest BCUT2D eigenvalue weighted by Crippen LogP contribution is -2.06. The van der Waals surface area contributed by atoms with E-state index in [-0.39, 0.29) is 0 Å². The van der Waals surface area contributed by atoms with Crippen molar-refractivity contribution in [3.05, 3.63) is 188 Å². The second kappa shape index (κ2) is 12.3. The Kier molecular flexibility index (Phi) is 6.83. The normalized spacial score (nSPS) is 11.9. The Morgan fingerprint density at radius 2 is 0.895 bits per heavy atom. The van der Waals surface area contributed by atoms with E-state index < -0.39 is 0 Å². The van der Waals surface area contributed by atoms with Gasteiger partial charge in [0, 0.05) is 49.1 Å². The van der Waals surface area contributed by atoms with Crippen LogP contribution in [0.1, 0.15) is 0 Å². The fourth-order valence-electron chi connectivity index (χ4n) is 8.65. The predicted molar refractivity (Wildman–Crippen MR) is 232 cm³/mol. The van der Waals surface area contributed by atoms with Crippen molar-refractivity contribution in [2.75, 3.05) is 0 Å². The summed E-state index contributed by atoms with van der Waals surface area (Å²) in [5.74, 6) is 1.76. The number of para-hydroxylation sites is 4. The molecule has 0 aliphatic carbocycles. The molecule has 0 saturated heterocycles. The Hall–Kier alpha value is -7.83. The fraction of sp³-hybridized carbons (Fsp3) is 0. The highest BCUT2D eigenvalue weighted by molar-refractivity contribution is 6.17. The smallest absolute Gasteiger partial charge is 0.238 e. The van der Waals surface area contributed by atoms with Crippen molar-refractivity contribution in [3.8, 4) is 45.5 Å². The lowest BCUT2D eigenvalue weighted by molar-refractivity contribution is 0.669. The van der Waals surface area contributed by atoms with Gasteiger partial charge < -0.3 is 8.98 Å². The molecule has 12 rings (SSSR count). The lowest BCUT2D eigenvalue weighted by Gasteiger charge is -2.14. The van der Waals surface area contributed by atoms with Crippen LogP contribution in [0.25, 0.3) is 111 Å². The zero-order chi connectivity index (χ0) is 37.5. The number of aromatic nitrogens is 5. The first kappa shape index (κ1) is 31.5. The molecule has 0 amide bonds. The second-order valence-electron chi connectivity index (χ2n) is 14.4. The summed E-state index contributed by atoms with van der Waals surface area (Å²) in [6.45, 7) is 0. The van der Waals surface area contributed by atoms with E-state index in [0.717, 1.165) is 88.1 Å². The molecule has 0 saturated carbocycles. The van der Waals surface area contributed by atoms with Gasteiger partial charge in [0.1, 0.15) is 11.2 Å². The van der Waals surface area contributed by atoms with E-state index >= 15 is 0 Å². The number of fused-ring (bicyclic) bond motifs is 9. The van der Waals surface area contributed by atoms with Crippen LogP contribution < -0.4 is 0 Å². The van der Waals surface area contributed by atoms with E-state index in [1.807, 2.05) is 30.3 Å². The summed E-state index contributed by atoms with van der Waals surface area (Å²) in [4.78, 5) is 15.8. The maximum absolute atomic E-state index is 6.26. The monoisotopic (exact) mass is 729 g/mol. The van der Waals surface area contributed by atoms with Gasteiger partial charge >= 0.3 is 0 Å². The molecule has 4 heterocycles. The minimum Gasteiger partial charge on any atom is -0.456 e. The summed E-state index contributed by atoms with van der Waals surface area (Å²) in [6, 6.07) is 65.6. The number of hydrogen-bond acceptors (Lipinski definition) is 4. The van der Waals surface area contributed by atoms with Crippen molar-refractivity contribution in [2.24, 2.45) is 0 Å². The average Bonchev–Trinajstić information content (AvgIpc) is 3.94. The highest BCUT2D eigenvalue weighted by Crippen LogP contribution is 2.42. The van der Waals surface area contributed by atoms with Gasteiger partial charge in [0.15, 0.2) is 11.6 Å². The van der Waals surface area contributed by atoms with Crippen molar-refractivity contribution in [2.45, 2.75) is 0 Å². The molecule has 4 aromatic heterocycles. The van der Waals surface area contributed by atoms with Gasteiger partial charge in [-0.3, -0.25) is 4.57 Å². The van der Waals surface area contributed by atoms with Crippen molar-refractivity contribution >= 4 is 65.6 Å². The molecule has 0 atom stereocenters. The Morgan fingerprint density at radius 3 is 1.60 bits per heavy atom. The van der Waals surface area contributed by atoms with E-state index in [1.54, 1.807) is 0 Å². The second-order valence-corrected chi connectivity index (χ2v) is 14.4. The van der Waals surface area contributed by atoms with Gasteiger partial charge in [-0.25, -0.2) is 4.98 Å². The maximum atomic E-state index is 6.26. The molecule has 0 aliphatic rings. The highest BCUT2D eigenvalue weighted by atomic mass is 16.3. The molecular weight excluding hydrogens is 699 g/mol. The van der Waals surface area contributed by atoms with E-state index in [2.05, 4.69) is 167 Å². The first-order valence-corrected chi connectivity index (χ1v) is 19.1. The Balaban J connectivity index is 1.18. The quantitative estimate of drug-likeness (QED) is 0.177. The number of nitrogens with zero attached hydrogens (tertiary/aromatic N) is 5. The maximum Gasteiger partial charge on any atom is 0.238 e. The molecule has 6 heteroatoms. The Bertz CT molecular complexity index is 3470. The number of hydrogen-bond donors (Lipinski definition) is 0. The van der Waals surface area contributed by atoms with Crippen molar-refractivity contribution in [1.29, 1.82) is 0 Å². The zero-order valence-corrected chi connectivity index (χ0v) is 30.5. The molecule has 0 bridgehead atoms. The van der Waals surface area contributed by atoms with Crippen LogP contribution in [0.15, 0.2) is 192 Å². The van der Waals surface area contributed by atoms with Crippen LogP contribution in [0.4, 0.5) is 0 Å². The molecule has 12 aromatic rings.